The summed E-state index contributed by atoms with van der Waals surface area (Å²) in [6.07, 6.45) is -2.53. The van der Waals surface area contributed by atoms with Crippen LogP contribution in [0.15, 0.2) is 59.4 Å². The SMILES string of the molecule is Fc1ccc(-c2noc(-c3cccc(Nc4nccc(C(F)(F)F)n4)c3)n2)nc1. The second kappa shape index (κ2) is 7.26. The zero-order chi connectivity index (χ0) is 20.4. The first kappa shape index (κ1) is 18.5. The molecule has 0 unspecified atom stereocenters. The number of pyridine rings is 1. The first-order chi connectivity index (χ1) is 13.9. The standard InChI is InChI=1S/C18H10F4N6O/c19-11-4-5-13(24-9-11)15-27-16(29-28-15)10-2-1-3-12(8-10)25-17-23-7-6-14(26-17)18(20,21)22/h1-9H,(H,23,25,26). The summed E-state index contributed by atoms with van der Waals surface area (Å²) < 4.78 is 56.5. The molecule has 0 aliphatic heterocycles. The highest BCUT2D eigenvalue weighted by molar-refractivity contribution is 5.65. The fourth-order valence-electron chi connectivity index (χ4n) is 2.39. The van der Waals surface area contributed by atoms with E-state index >= 15 is 0 Å². The molecule has 3 heterocycles. The summed E-state index contributed by atoms with van der Waals surface area (Å²) in [6, 6.07) is 9.93. The van der Waals surface area contributed by atoms with Crippen LogP contribution in [0, 0.1) is 5.82 Å². The van der Waals surface area contributed by atoms with E-state index in [2.05, 4.69) is 30.4 Å². The van der Waals surface area contributed by atoms with Crippen molar-refractivity contribution >= 4 is 11.6 Å². The number of nitrogens with zero attached hydrogens (tertiary/aromatic N) is 5. The number of nitrogens with one attached hydrogen (secondary N) is 1. The third kappa shape index (κ3) is 4.18. The summed E-state index contributed by atoms with van der Waals surface area (Å²) >= 11 is 0. The van der Waals surface area contributed by atoms with E-state index in [-0.39, 0.29) is 17.7 Å². The van der Waals surface area contributed by atoms with E-state index in [0.717, 1.165) is 18.5 Å². The monoisotopic (exact) mass is 402 g/mol. The zero-order valence-electron chi connectivity index (χ0n) is 14.4. The van der Waals surface area contributed by atoms with Gasteiger partial charge in [-0.25, -0.2) is 19.3 Å². The van der Waals surface area contributed by atoms with E-state index in [1.807, 2.05) is 0 Å². The van der Waals surface area contributed by atoms with E-state index in [1.54, 1.807) is 24.3 Å². The average molecular weight is 402 g/mol. The molecule has 11 heteroatoms. The summed E-state index contributed by atoms with van der Waals surface area (Å²) in [6.45, 7) is 0. The van der Waals surface area contributed by atoms with Gasteiger partial charge in [-0.05, 0) is 36.4 Å². The summed E-state index contributed by atoms with van der Waals surface area (Å²) in [5.74, 6) is -0.383. The highest BCUT2D eigenvalue weighted by Gasteiger charge is 2.32. The minimum absolute atomic E-state index is 0.153. The first-order valence-electron chi connectivity index (χ1n) is 8.12. The predicted molar refractivity (Wildman–Crippen MR) is 93.2 cm³/mol. The zero-order valence-corrected chi connectivity index (χ0v) is 14.4. The quantitative estimate of drug-likeness (QED) is 0.503. The van der Waals surface area contributed by atoms with Gasteiger partial charge in [-0.2, -0.15) is 18.2 Å². The normalized spacial score (nSPS) is 11.4. The molecule has 3 aromatic heterocycles. The molecule has 4 aromatic rings. The Kier molecular flexibility index (Phi) is 4.63. The van der Waals surface area contributed by atoms with Gasteiger partial charge < -0.3 is 9.84 Å². The van der Waals surface area contributed by atoms with Crippen molar-refractivity contribution in [3.05, 3.63) is 66.4 Å². The number of aromatic nitrogens is 5. The molecule has 4 rings (SSSR count). The van der Waals surface area contributed by atoms with E-state index in [0.29, 0.717) is 16.9 Å². The number of halogens is 4. The third-order valence-electron chi connectivity index (χ3n) is 3.69. The molecule has 0 saturated heterocycles. The maximum atomic E-state index is 13.0. The number of alkyl halides is 3. The fourth-order valence-corrected chi connectivity index (χ4v) is 2.39. The van der Waals surface area contributed by atoms with Gasteiger partial charge >= 0.3 is 6.18 Å². The number of anilines is 2. The van der Waals surface area contributed by atoms with Gasteiger partial charge in [-0.15, -0.1) is 0 Å². The number of benzene rings is 1. The Morgan fingerprint density at radius 3 is 2.59 bits per heavy atom. The van der Waals surface area contributed by atoms with Crippen LogP contribution in [0.2, 0.25) is 0 Å². The molecule has 0 atom stereocenters. The topological polar surface area (TPSA) is 89.6 Å². The molecular formula is C18H10F4N6O. The lowest BCUT2D eigenvalue weighted by molar-refractivity contribution is -0.141. The van der Waals surface area contributed by atoms with Gasteiger partial charge in [0.15, 0.2) is 0 Å². The molecule has 0 fully saturated rings. The molecule has 0 amide bonds. The van der Waals surface area contributed by atoms with Crippen molar-refractivity contribution in [1.29, 1.82) is 0 Å². The molecule has 29 heavy (non-hydrogen) atoms. The molecule has 0 spiro atoms. The number of rotatable bonds is 4. The van der Waals surface area contributed by atoms with Gasteiger partial charge in [0.05, 0.1) is 6.20 Å². The number of hydrogen-bond acceptors (Lipinski definition) is 7. The largest absolute Gasteiger partial charge is 0.433 e. The van der Waals surface area contributed by atoms with Crippen LogP contribution in [-0.2, 0) is 6.18 Å². The van der Waals surface area contributed by atoms with Crippen molar-refractivity contribution in [2.45, 2.75) is 6.18 Å². The lowest BCUT2D eigenvalue weighted by Crippen LogP contribution is -2.10. The van der Waals surface area contributed by atoms with Gasteiger partial charge in [0, 0.05) is 17.4 Å². The van der Waals surface area contributed by atoms with Crippen LogP contribution in [0.1, 0.15) is 5.69 Å². The van der Waals surface area contributed by atoms with Crippen molar-refractivity contribution in [1.82, 2.24) is 25.1 Å². The Hall–Kier alpha value is -3.89. The van der Waals surface area contributed by atoms with Crippen molar-refractivity contribution in [2.75, 3.05) is 5.32 Å². The van der Waals surface area contributed by atoms with E-state index in [4.69, 9.17) is 4.52 Å². The second-order valence-electron chi connectivity index (χ2n) is 5.75. The number of hydrogen-bond donors (Lipinski definition) is 1. The van der Waals surface area contributed by atoms with E-state index < -0.39 is 17.7 Å². The molecule has 146 valence electrons. The maximum Gasteiger partial charge on any atom is 0.433 e. The lowest BCUT2D eigenvalue weighted by atomic mass is 10.2. The minimum Gasteiger partial charge on any atom is -0.334 e. The van der Waals surface area contributed by atoms with E-state index in [1.165, 1.54) is 12.1 Å². The summed E-state index contributed by atoms with van der Waals surface area (Å²) in [4.78, 5) is 15.3. The second-order valence-corrected chi connectivity index (χ2v) is 5.75. The molecule has 7 nitrogen and oxygen atoms in total. The molecule has 0 radical (unpaired) electrons. The van der Waals surface area contributed by atoms with Gasteiger partial charge in [0.25, 0.3) is 5.89 Å². The van der Waals surface area contributed by atoms with Crippen molar-refractivity contribution in [3.63, 3.8) is 0 Å². The summed E-state index contributed by atoms with van der Waals surface area (Å²) in [7, 11) is 0. The first-order valence-corrected chi connectivity index (χ1v) is 8.12. The van der Waals surface area contributed by atoms with Crippen LogP contribution >= 0.6 is 0 Å². The van der Waals surface area contributed by atoms with Crippen LogP contribution in [-0.4, -0.2) is 25.1 Å². The Bertz CT molecular complexity index is 1140. The molecule has 0 aliphatic carbocycles. The van der Waals surface area contributed by atoms with Gasteiger partial charge in [-0.3, -0.25) is 0 Å². The third-order valence-corrected chi connectivity index (χ3v) is 3.69. The fraction of sp³-hybridized carbons (Fsp3) is 0.0556. The van der Waals surface area contributed by atoms with Gasteiger partial charge in [-0.1, -0.05) is 11.2 Å². The van der Waals surface area contributed by atoms with Crippen LogP contribution in [0.4, 0.5) is 29.2 Å². The average Bonchev–Trinajstić information content (AvgIpc) is 3.19. The van der Waals surface area contributed by atoms with Gasteiger partial charge in [0.2, 0.25) is 11.8 Å². The highest BCUT2D eigenvalue weighted by Crippen LogP contribution is 2.29. The smallest absolute Gasteiger partial charge is 0.334 e. The molecule has 0 bridgehead atoms. The van der Waals surface area contributed by atoms with Crippen molar-refractivity contribution in [3.8, 4) is 23.0 Å². The predicted octanol–water partition coefficient (Wildman–Crippen LogP) is 4.49. The maximum absolute atomic E-state index is 13.0. The summed E-state index contributed by atoms with van der Waals surface area (Å²) in [5.41, 5.74) is 0.192. The summed E-state index contributed by atoms with van der Waals surface area (Å²) in [5, 5.41) is 6.51. The van der Waals surface area contributed by atoms with Crippen LogP contribution in [0.3, 0.4) is 0 Å². The molecule has 0 aliphatic rings. The molecular weight excluding hydrogens is 392 g/mol. The van der Waals surface area contributed by atoms with Crippen LogP contribution in [0.25, 0.3) is 23.0 Å². The van der Waals surface area contributed by atoms with Crippen LogP contribution < -0.4 is 5.32 Å². The molecule has 1 N–H and O–H groups in total. The Labute approximate surface area is 160 Å². The van der Waals surface area contributed by atoms with Crippen molar-refractivity contribution in [2.24, 2.45) is 0 Å². The Balaban J connectivity index is 1.58. The Morgan fingerprint density at radius 2 is 1.83 bits per heavy atom. The van der Waals surface area contributed by atoms with Crippen molar-refractivity contribution < 1.29 is 22.1 Å². The molecule has 1 aromatic carbocycles. The van der Waals surface area contributed by atoms with Crippen LogP contribution in [0.5, 0.6) is 0 Å². The molecule has 0 saturated carbocycles. The van der Waals surface area contributed by atoms with E-state index in [9.17, 15) is 17.6 Å². The lowest BCUT2D eigenvalue weighted by Gasteiger charge is -2.09. The van der Waals surface area contributed by atoms with Gasteiger partial charge in [0.1, 0.15) is 17.2 Å². The minimum atomic E-state index is -4.57. The Morgan fingerprint density at radius 1 is 0.966 bits per heavy atom. The highest BCUT2D eigenvalue weighted by atomic mass is 19.4.